The number of aryl methyl sites for hydroxylation is 1. The summed E-state index contributed by atoms with van der Waals surface area (Å²) in [5.41, 5.74) is 12.5. The first-order valence-electron chi connectivity index (χ1n) is 7.05. The third-order valence-electron chi connectivity index (χ3n) is 4.02. The van der Waals surface area contributed by atoms with Crippen molar-refractivity contribution in [3.63, 3.8) is 0 Å². The Labute approximate surface area is 117 Å². The molecule has 0 saturated heterocycles. The number of aromatic amines is 1. The zero-order valence-electron chi connectivity index (χ0n) is 11.2. The van der Waals surface area contributed by atoms with E-state index in [-0.39, 0.29) is 0 Å². The fourth-order valence-corrected chi connectivity index (χ4v) is 3.12. The van der Waals surface area contributed by atoms with E-state index in [0.717, 1.165) is 35.3 Å². The highest BCUT2D eigenvalue weighted by atomic mass is 15.1. The molecule has 0 saturated carbocycles. The second-order valence-corrected chi connectivity index (χ2v) is 5.31. The molecule has 2 heterocycles. The highest BCUT2D eigenvalue weighted by Crippen LogP contribution is 2.34. The van der Waals surface area contributed by atoms with Crippen LogP contribution in [0.3, 0.4) is 0 Å². The molecule has 4 nitrogen and oxygen atoms in total. The number of nitrogen functional groups attached to an aromatic ring is 1. The van der Waals surface area contributed by atoms with Crippen molar-refractivity contribution < 1.29 is 0 Å². The molecule has 0 aliphatic heterocycles. The molecule has 4 rings (SSSR count). The molecule has 3 N–H and O–H groups in total. The van der Waals surface area contributed by atoms with Crippen molar-refractivity contribution in [2.24, 2.45) is 0 Å². The fraction of sp³-hybridized carbons (Fsp3) is 0.250. The third kappa shape index (κ3) is 1.68. The maximum Gasteiger partial charge on any atom is 0.200 e. The monoisotopic (exact) mass is 264 g/mol. The number of aromatic nitrogens is 3. The molecule has 1 aliphatic rings. The summed E-state index contributed by atoms with van der Waals surface area (Å²) in [4.78, 5) is 12.2. The van der Waals surface area contributed by atoms with Crippen molar-refractivity contribution >= 4 is 17.1 Å². The Balaban J connectivity index is 2.05. The van der Waals surface area contributed by atoms with Crippen molar-refractivity contribution in [3.8, 4) is 11.3 Å². The van der Waals surface area contributed by atoms with E-state index >= 15 is 0 Å². The van der Waals surface area contributed by atoms with Gasteiger partial charge >= 0.3 is 0 Å². The maximum atomic E-state index is 5.81. The molecule has 0 bridgehead atoms. The molecule has 20 heavy (non-hydrogen) atoms. The van der Waals surface area contributed by atoms with Crippen LogP contribution in [0, 0.1) is 0 Å². The maximum absolute atomic E-state index is 5.81. The van der Waals surface area contributed by atoms with E-state index in [1.54, 1.807) is 0 Å². The van der Waals surface area contributed by atoms with Gasteiger partial charge in [0.05, 0.1) is 11.2 Å². The van der Waals surface area contributed by atoms with Crippen LogP contribution in [-0.2, 0) is 12.8 Å². The zero-order chi connectivity index (χ0) is 13.5. The smallest absolute Gasteiger partial charge is 0.200 e. The molecule has 4 heteroatoms. The number of fused-ring (bicyclic) bond motifs is 3. The summed E-state index contributed by atoms with van der Waals surface area (Å²) in [5, 5.41) is 0. The van der Waals surface area contributed by atoms with E-state index < -0.39 is 0 Å². The van der Waals surface area contributed by atoms with Crippen LogP contribution >= 0.6 is 0 Å². The molecule has 0 atom stereocenters. The van der Waals surface area contributed by atoms with Crippen molar-refractivity contribution in [2.75, 3.05) is 5.73 Å². The van der Waals surface area contributed by atoms with E-state index in [2.05, 4.69) is 34.2 Å². The Kier molecular flexibility index (Phi) is 2.49. The first-order chi connectivity index (χ1) is 9.83. The largest absolute Gasteiger partial charge is 0.369 e. The van der Waals surface area contributed by atoms with E-state index in [4.69, 9.17) is 10.7 Å². The number of H-pyrrole nitrogens is 1. The molecule has 0 spiro atoms. The SMILES string of the molecule is Nc1nc2nc(-c3ccccc3)c3c(c2[nH]1)CCCC3. The van der Waals surface area contributed by atoms with Crippen molar-refractivity contribution in [1.82, 2.24) is 15.0 Å². The second kappa shape index (κ2) is 4.34. The van der Waals surface area contributed by atoms with Gasteiger partial charge in [-0.1, -0.05) is 30.3 Å². The Morgan fingerprint density at radius 1 is 0.950 bits per heavy atom. The molecular formula is C16H16N4. The van der Waals surface area contributed by atoms with Gasteiger partial charge in [0.2, 0.25) is 0 Å². The predicted molar refractivity (Wildman–Crippen MR) is 80.4 cm³/mol. The van der Waals surface area contributed by atoms with Gasteiger partial charge in [-0.25, -0.2) is 4.98 Å². The minimum atomic E-state index is 0.450. The van der Waals surface area contributed by atoms with Crippen LogP contribution in [0.1, 0.15) is 24.0 Å². The van der Waals surface area contributed by atoms with Crippen LogP contribution in [0.2, 0.25) is 0 Å². The quantitative estimate of drug-likeness (QED) is 0.709. The summed E-state index contributed by atoms with van der Waals surface area (Å²) in [6, 6.07) is 10.4. The lowest BCUT2D eigenvalue weighted by molar-refractivity contribution is 0.688. The summed E-state index contributed by atoms with van der Waals surface area (Å²) >= 11 is 0. The van der Waals surface area contributed by atoms with Crippen molar-refractivity contribution in [1.29, 1.82) is 0 Å². The van der Waals surface area contributed by atoms with E-state index in [1.807, 2.05) is 6.07 Å². The van der Waals surface area contributed by atoms with E-state index in [0.29, 0.717) is 5.95 Å². The summed E-state index contributed by atoms with van der Waals surface area (Å²) in [6.45, 7) is 0. The zero-order valence-corrected chi connectivity index (χ0v) is 11.2. The van der Waals surface area contributed by atoms with Crippen LogP contribution in [-0.4, -0.2) is 15.0 Å². The Morgan fingerprint density at radius 3 is 2.50 bits per heavy atom. The number of rotatable bonds is 1. The van der Waals surface area contributed by atoms with Gasteiger partial charge in [-0.15, -0.1) is 0 Å². The van der Waals surface area contributed by atoms with Gasteiger partial charge in [0.25, 0.3) is 0 Å². The molecular weight excluding hydrogens is 248 g/mol. The number of nitrogens with two attached hydrogens (primary N) is 1. The normalized spacial score (nSPS) is 14.4. The highest BCUT2D eigenvalue weighted by Gasteiger charge is 2.20. The van der Waals surface area contributed by atoms with Gasteiger partial charge in [-0.3, -0.25) is 0 Å². The first-order valence-corrected chi connectivity index (χ1v) is 7.05. The number of benzene rings is 1. The minimum absolute atomic E-state index is 0.450. The Bertz CT molecular complexity index is 774. The van der Waals surface area contributed by atoms with Crippen LogP contribution in [0.4, 0.5) is 5.95 Å². The number of anilines is 1. The summed E-state index contributed by atoms with van der Waals surface area (Å²) in [6.07, 6.45) is 4.61. The van der Waals surface area contributed by atoms with Gasteiger partial charge in [0.15, 0.2) is 11.6 Å². The first kappa shape index (κ1) is 11.5. The fourth-order valence-electron chi connectivity index (χ4n) is 3.12. The molecule has 0 fully saturated rings. The number of nitrogens with zero attached hydrogens (tertiary/aromatic N) is 2. The van der Waals surface area contributed by atoms with Crippen LogP contribution in [0.25, 0.3) is 22.4 Å². The molecule has 0 radical (unpaired) electrons. The number of imidazole rings is 1. The molecule has 0 unspecified atom stereocenters. The average molecular weight is 264 g/mol. The van der Waals surface area contributed by atoms with Gasteiger partial charge in [0, 0.05) is 5.56 Å². The number of hydrogen-bond donors (Lipinski definition) is 2. The van der Waals surface area contributed by atoms with Crippen LogP contribution in [0.5, 0.6) is 0 Å². The Hall–Kier alpha value is -2.36. The molecule has 0 amide bonds. The molecule has 100 valence electrons. The highest BCUT2D eigenvalue weighted by molar-refractivity contribution is 5.83. The number of hydrogen-bond acceptors (Lipinski definition) is 3. The lowest BCUT2D eigenvalue weighted by Gasteiger charge is -2.19. The number of pyridine rings is 1. The molecule has 2 aromatic heterocycles. The van der Waals surface area contributed by atoms with Crippen LogP contribution in [0.15, 0.2) is 30.3 Å². The predicted octanol–water partition coefficient (Wildman–Crippen LogP) is 3.09. The summed E-state index contributed by atoms with van der Waals surface area (Å²) in [7, 11) is 0. The average Bonchev–Trinajstić information content (AvgIpc) is 2.88. The van der Waals surface area contributed by atoms with E-state index in [9.17, 15) is 0 Å². The van der Waals surface area contributed by atoms with Gasteiger partial charge in [-0.05, 0) is 36.8 Å². The van der Waals surface area contributed by atoms with Crippen LogP contribution < -0.4 is 5.73 Å². The van der Waals surface area contributed by atoms with Gasteiger partial charge < -0.3 is 10.7 Å². The summed E-state index contributed by atoms with van der Waals surface area (Å²) < 4.78 is 0. The third-order valence-corrected chi connectivity index (χ3v) is 4.02. The minimum Gasteiger partial charge on any atom is -0.369 e. The van der Waals surface area contributed by atoms with Crippen molar-refractivity contribution in [3.05, 3.63) is 41.5 Å². The van der Waals surface area contributed by atoms with Gasteiger partial charge in [-0.2, -0.15) is 4.98 Å². The Morgan fingerprint density at radius 2 is 1.70 bits per heavy atom. The summed E-state index contributed by atoms with van der Waals surface area (Å²) in [5.74, 6) is 0.450. The van der Waals surface area contributed by atoms with Crippen molar-refractivity contribution in [2.45, 2.75) is 25.7 Å². The van der Waals surface area contributed by atoms with E-state index in [1.165, 1.54) is 24.0 Å². The topological polar surface area (TPSA) is 67.6 Å². The molecule has 3 aromatic rings. The molecule has 1 aliphatic carbocycles. The lowest BCUT2D eigenvalue weighted by atomic mass is 9.88. The number of nitrogens with one attached hydrogen (secondary N) is 1. The second-order valence-electron chi connectivity index (χ2n) is 5.31. The standard InChI is InChI=1S/C16H16N4/c17-16-19-14-12-9-5-4-8-11(12)13(18-15(14)20-16)10-6-2-1-3-7-10/h1-3,6-7H,4-5,8-9H2,(H3,17,18,19,20). The van der Waals surface area contributed by atoms with Gasteiger partial charge in [0.1, 0.15) is 0 Å². The molecule has 1 aromatic carbocycles. The lowest BCUT2D eigenvalue weighted by Crippen LogP contribution is -2.07.